The summed E-state index contributed by atoms with van der Waals surface area (Å²) in [5.41, 5.74) is 9.54. The Balaban J connectivity index is 1.42. The second-order valence-electron chi connectivity index (χ2n) is 10.7. The van der Waals surface area contributed by atoms with Gasteiger partial charge in [-0.3, -0.25) is 9.89 Å². The number of aliphatic hydroxyl groups is 1. The van der Waals surface area contributed by atoms with E-state index in [0.717, 1.165) is 55.8 Å². The molecule has 1 unspecified atom stereocenters. The van der Waals surface area contributed by atoms with Crippen molar-refractivity contribution < 1.29 is 14.6 Å². The molecule has 3 aromatic rings. The van der Waals surface area contributed by atoms with E-state index in [9.17, 15) is 5.11 Å². The minimum absolute atomic E-state index is 0.194. The van der Waals surface area contributed by atoms with Gasteiger partial charge in [0.15, 0.2) is 0 Å². The van der Waals surface area contributed by atoms with Crippen LogP contribution in [0.15, 0.2) is 84.0 Å². The van der Waals surface area contributed by atoms with Gasteiger partial charge in [-0.15, -0.1) is 0 Å². The number of ether oxygens (including phenoxy) is 2. The third kappa shape index (κ3) is 6.22. The van der Waals surface area contributed by atoms with E-state index in [1.54, 1.807) is 12.4 Å². The standard InChI is InChI=1S/C35H40N2O3/c1-4-17-36-20-25(2)23-39-35-19-34(32-15-9-14-31(32)33(35)21-37-18-16-29(37)22-38)40-24-28-12-8-13-30(26(28)3)27-10-6-5-7-11-27/h4-8,10-13,17,19-20,29,38H,2,9,14-16,18,21-24H2,1,3H3/b17-4-,36-20-. The van der Waals surface area contributed by atoms with Crippen molar-refractivity contribution in [1.29, 1.82) is 0 Å². The zero-order valence-corrected chi connectivity index (χ0v) is 23.7. The second-order valence-corrected chi connectivity index (χ2v) is 10.7. The fraction of sp³-hybridized carbons (Fsp3) is 0.343. The number of likely N-dealkylation sites (tertiary alicyclic amines) is 1. The molecule has 1 fully saturated rings. The molecule has 1 saturated heterocycles. The maximum Gasteiger partial charge on any atom is 0.128 e. The molecule has 208 valence electrons. The van der Waals surface area contributed by atoms with Crippen LogP contribution in [0.4, 0.5) is 0 Å². The van der Waals surface area contributed by atoms with Gasteiger partial charge in [0.05, 0.1) is 6.61 Å². The topological polar surface area (TPSA) is 54.3 Å². The van der Waals surface area contributed by atoms with Crippen molar-refractivity contribution in [3.05, 3.63) is 107 Å². The lowest BCUT2D eigenvalue weighted by molar-refractivity contribution is 0.0348. The molecule has 1 heterocycles. The SMILES string of the molecule is C=C(/C=N\C=C/C)COc1cc(OCc2cccc(-c3ccccc3)c2C)c2c(c1CN1CCC1CO)CCC2. The van der Waals surface area contributed by atoms with E-state index in [1.807, 2.05) is 19.1 Å². The zero-order chi connectivity index (χ0) is 27.9. The van der Waals surface area contributed by atoms with Gasteiger partial charge in [-0.2, -0.15) is 0 Å². The minimum Gasteiger partial charge on any atom is -0.488 e. The summed E-state index contributed by atoms with van der Waals surface area (Å²) >= 11 is 0. The van der Waals surface area contributed by atoms with Crippen LogP contribution < -0.4 is 9.47 Å². The number of nitrogens with zero attached hydrogens (tertiary/aromatic N) is 2. The molecule has 0 radical (unpaired) electrons. The lowest BCUT2D eigenvalue weighted by atomic mass is 9.96. The van der Waals surface area contributed by atoms with E-state index in [0.29, 0.717) is 13.2 Å². The summed E-state index contributed by atoms with van der Waals surface area (Å²) in [7, 11) is 0. The van der Waals surface area contributed by atoms with Gasteiger partial charge < -0.3 is 14.6 Å². The number of fused-ring (bicyclic) bond motifs is 1. The summed E-state index contributed by atoms with van der Waals surface area (Å²) in [5.74, 6) is 1.75. The smallest absolute Gasteiger partial charge is 0.128 e. The number of rotatable bonds is 12. The van der Waals surface area contributed by atoms with E-state index >= 15 is 0 Å². The van der Waals surface area contributed by atoms with Crippen LogP contribution in [0.5, 0.6) is 11.5 Å². The maximum absolute atomic E-state index is 9.79. The third-order valence-electron chi connectivity index (χ3n) is 8.10. The molecule has 3 aromatic carbocycles. The van der Waals surface area contributed by atoms with Gasteiger partial charge in [-0.25, -0.2) is 0 Å². The molecule has 40 heavy (non-hydrogen) atoms. The van der Waals surface area contributed by atoms with Crippen molar-refractivity contribution in [2.45, 2.75) is 58.7 Å². The molecule has 2 aliphatic rings. The van der Waals surface area contributed by atoms with Crippen molar-refractivity contribution in [3.8, 4) is 22.6 Å². The number of aliphatic imine (C=N–C) groups is 1. The van der Waals surface area contributed by atoms with Gasteiger partial charge in [0.2, 0.25) is 0 Å². The highest BCUT2D eigenvalue weighted by Crippen LogP contribution is 2.41. The average molecular weight is 537 g/mol. The van der Waals surface area contributed by atoms with Gasteiger partial charge >= 0.3 is 0 Å². The van der Waals surface area contributed by atoms with Crippen LogP contribution in [0.3, 0.4) is 0 Å². The summed E-state index contributed by atoms with van der Waals surface area (Å²) in [4.78, 5) is 6.60. The van der Waals surface area contributed by atoms with Crippen molar-refractivity contribution in [1.82, 2.24) is 4.90 Å². The molecule has 0 bridgehead atoms. The van der Waals surface area contributed by atoms with Crippen LogP contribution in [0, 0.1) is 6.92 Å². The van der Waals surface area contributed by atoms with Crippen LogP contribution in [-0.2, 0) is 26.0 Å². The number of benzene rings is 3. The first-order chi connectivity index (χ1) is 19.6. The first kappa shape index (κ1) is 27.9. The molecule has 0 spiro atoms. The van der Waals surface area contributed by atoms with E-state index < -0.39 is 0 Å². The maximum atomic E-state index is 9.79. The number of hydrogen-bond donors (Lipinski definition) is 1. The van der Waals surface area contributed by atoms with Crippen LogP contribution in [0.2, 0.25) is 0 Å². The summed E-state index contributed by atoms with van der Waals surface area (Å²) < 4.78 is 13.0. The zero-order valence-electron chi connectivity index (χ0n) is 23.7. The molecule has 1 atom stereocenters. The Hall–Kier alpha value is -3.67. The number of hydrogen-bond acceptors (Lipinski definition) is 5. The summed E-state index contributed by atoms with van der Waals surface area (Å²) in [6.45, 7) is 11.0. The van der Waals surface area contributed by atoms with Crippen LogP contribution in [0.25, 0.3) is 11.1 Å². The van der Waals surface area contributed by atoms with Crippen molar-refractivity contribution in [2.24, 2.45) is 4.99 Å². The first-order valence-electron chi connectivity index (χ1n) is 14.3. The highest BCUT2D eigenvalue weighted by molar-refractivity contribution is 5.78. The summed E-state index contributed by atoms with van der Waals surface area (Å²) in [6, 6.07) is 19.3. The van der Waals surface area contributed by atoms with Crippen LogP contribution in [-0.4, -0.2) is 42.0 Å². The van der Waals surface area contributed by atoms with Gasteiger partial charge in [-0.1, -0.05) is 61.2 Å². The Morgan fingerprint density at radius 1 is 1.07 bits per heavy atom. The average Bonchev–Trinajstić information content (AvgIpc) is 3.45. The van der Waals surface area contributed by atoms with E-state index in [-0.39, 0.29) is 12.6 Å². The molecule has 1 N–H and O–H groups in total. The Kier molecular flexibility index (Phi) is 9.15. The molecule has 0 amide bonds. The molecule has 1 aliphatic carbocycles. The quantitative estimate of drug-likeness (QED) is 0.258. The van der Waals surface area contributed by atoms with E-state index in [4.69, 9.17) is 9.47 Å². The van der Waals surface area contributed by atoms with Crippen molar-refractivity contribution >= 4 is 6.21 Å². The number of allylic oxidation sites excluding steroid dienone is 1. The predicted octanol–water partition coefficient (Wildman–Crippen LogP) is 6.84. The van der Waals surface area contributed by atoms with Gasteiger partial charge in [0, 0.05) is 48.7 Å². The lowest BCUT2D eigenvalue weighted by Gasteiger charge is -2.40. The normalized spacial score (nSPS) is 16.8. The summed E-state index contributed by atoms with van der Waals surface area (Å²) in [6.07, 6.45) is 9.53. The summed E-state index contributed by atoms with van der Waals surface area (Å²) in [5, 5.41) is 9.79. The van der Waals surface area contributed by atoms with Crippen molar-refractivity contribution in [3.63, 3.8) is 0 Å². The van der Waals surface area contributed by atoms with Crippen LogP contribution >= 0.6 is 0 Å². The van der Waals surface area contributed by atoms with Gasteiger partial charge in [0.1, 0.15) is 24.7 Å². The molecule has 1 aliphatic heterocycles. The Bertz CT molecular complexity index is 1390. The second kappa shape index (κ2) is 13.1. The molecule has 5 heteroatoms. The Morgan fingerprint density at radius 3 is 2.65 bits per heavy atom. The monoisotopic (exact) mass is 536 g/mol. The number of aliphatic hydroxyl groups excluding tert-OH is 1. The third-order valence-corrected chi connectivity index (χ3v) is 8.10. The molecular weight excluding hydrogens is 496 g/mol. The van der Waals surface area contributed by atoms with E-state index in [1.165, 1.54) is 38.9 Å². The molecule has 0 saturated carbocycles. The fourth-order valence-electron chi connectivity index (χ4n) is 5.70. The first-order valence-corrected chi connectivity index (χ1v) is 14.3. The van der Waals surface area contributed by atoms with Crippen LogP contribution in [0.1, 0.15) is 47.6 Å². The highest BCUT2D eigenvalue weighted by atomic mass is 16.5. The minimum atomic E-state index is 0.194. The van der Waals surface area contributed by atoms with Gasteiger partial charge in [-0.05, 0) is 72.9 Å². The molecular formula is C35H40N2O3. The Morgan fingerprint density at radius 2 is 1.90 bits per heavy atom. The highest BCUT2D eigenvalue weighted by Gasteiger charge is 2.31. The molecule has 5 nitrogen and oxygen atoms in total. The predicted molar refractivity (Wildman–Crippen MR) is 163 cm³/mol. The molecule has 0 aromatic heterocycles. The largest absolute Gasteiger partial charge is 0.488 e. The fourth-order valence-corrected chi connectivity index (χ4v) is 5.70. The lowest BCUT2D eigenvalue weighted by Crippen LogP contribution is -2.49. The molecule has 5 rings (SSSR count). The van der Waals surface area contributed by atoms with Crippen molar-refractivity contribution in [2.75, 3.05) is 19.8 Å². The van der Waals surface area contributed by atoms with E-state index in [2.05, 4.69) is 71.9 Å². The Labute approximate surface area is 238 Å². The van der Waals surface area contributed by atoms with Gasteiger partial charge in [0.25, 0.3) is 0 Å².